The van der Waals surface area contributed by atoms with Crippen molar-refractivity contribution in [1.29, 1.82) is 0 Å². The fourth-order valence-electron chi connectivity index (χ4n) is 1.71. The number of hydrogen-bond donors (Lipinski definition) is 1. The summed E-state index contributed by atoms with van der Waals surface area (Å²) in [6.07, 6.45) is 6.56. The molecule has 17 heavy (non-hydrogen) atoms. The highest BCUT2D eigenvalue weighted by Gasteiger charge is 2.27. The van der Waals surface area contributed by atoms with E-state index in [0.717, 1.165) is 24.9 Å². The molecule has 0 unspecified atom stereocenters. The molecule has 1 heterocycles. The molecule has 1 aromatic heterocycles. The largest absolute Gasteiger partial charge is 0.273 e. The van der Waals surface area contributed by atoms with Crippen LogP contribution in [0.1, 0.15) is 25.3 Å². The maximum atomic E-state index is 11.6. The van der Waals surface area contributed by atoms with E-state index < -0.39 is 10.0 Å². The smallest absolute Gasteiger partial charge is 0.211 e. The quantitative estimate of drug-likeness (QED) is 0.785. The van der Waals surface area contributed by atoms with Crippen molar-refractivity contribution in [3.05, 3.63) is 18.0 Å². The summed E-state index contributed by atoms with van der Waals surface area (Å²) in [5.41, 5.74) is 1.07. The van der Waals surface area contributed by atoms with E-state index in [0.29, 0.717) is 24.6 Å². The molecule has 6 heteroatoms. The number of nitrogens with one attached hydrogen (secondary N) is 1. The van der Waals surface area contributed by atoms with Crippen LogP contribution < -0.4 is 4.72 Å². The summed E-state index contributed by atoms with van der Waals surface area (Å²) in [4.78, 5) is 0. The van der Waals surface area contributed by atoms with Gasteiger partial charge in [-0.3, -0.25) is 4.68 Å². The van der Waals surface area contributed by atoms with Crippen LogP contribution in [0.3, 0.4) is 0 Å². The molecule has 0 saturated heterocycles. The molecule has 0 aromatic carbocycles. The first-order chi connectivity index (χ1) is 8.09. The van der Waals surface area contributed by atoms with Gasteiger partial charge in [0.15, 0.2) is 0 Å². The Balaban J connectivity index is 1.74. The van der Waals surface area contributed by atoms with E-state index in [1.54, 1.807) is 6.20 Å². The molecule has 1 saturated carbocycles. The van der Waals surface area contributed by atoms with E-state index in [2.05, 4.69) is 9.82 Å². The van der Waals surface area contributed by atoms with E-state index in [-0.39, 0.29) is 0 Å². The summed E-state index contributed by atoms with van der Waals surface area (Å²) in [5, 5.41) is 4.15. The Hall–Kier alpha value is -0.880. The fourth-order valence-corrected chi connectivity index (χ4v) is 3.20. The summed E-state index contributed by atoms with van der Waals surface area (Å²) in [5.74, 6) is 0.691. The summed E-state index contributed by atoms with van der Waals surface area (Å²) < 4.78 is 27.7. The van der Waals surface area contributed by atoms with Gasteiger partial charge >= 0.3 is 0 Å². The van der Waals surface area contributed by atoms with E-state index in [4.69, 9.17) is 0 Å². The van der Waals surface area contributed by atoms with Gasteiger partial charge < -0.3 is 0 Å². The normalized spacial score (nSPS) is 16.3. The van der Waals surface area contributed by atoms with Crippen molar-refractivity contribution in [1.82, 2.24) is 14.5 Å². The van der Waals surface area contributed by atoms with Crippen molar-refractivity contribution < 1.29 is 8.42 Å². The Bertz CT molecular complexity index is 463. The minimum Gasteiger partial charge on any atom is -0.273 e. The number of sulfonamides is 1. The average Bonchev–Trinajstić information content (AvgIpc) is 2.94. The van der Waals surface area contributed by atoms with Crippen molar-refractivity contribution in [3.8, 4) is 0 Å². The molecule has 0 radical (unpaired) electrons. The molecule has 5 nitrogen and oxygen atoms in total. The highest BCUT2D eigenvalue weighted by atomic mass is 32.2. The molecule has 1 aromatic rings. The van der Waals surface area contributed by atoms with Crippen LogP contribution in [-0.4, -0.2) is 30.5 Å². The summed E-state index contributed by atoms with van der Waals surface area (Å²) in [6.45, 7) is 3.33. The molecule has 1 aliphatic rings. The van der Waals surface area contributed by atoms with Gasteiger partial charge in [0, 0.05) is 19.3 Å². The van der Waals surface area contributed by atoms with Gasteiger partial charge in [-0.05, 0) is 37.7 Å². The molecule has 0 amide bonds. The summed E-state index contributed by atoms with van der Waals surface area (Å²) in [7, 11) is -3.06. The van der Waals surface area contributed by atoms with Crippen LogP contribution in [0.4, 0.5) is 0 Å². The molecule has 96 valence electrons. The van der Waals surface area contributed by atoms with Gasteiger partial charge in [-0.15, -0.1) is 0 Å². The van der Waals surface area contributed by atoms with Crippen LogP contribution in [0.25, 0.3) is 0 Å². The third-order valence-corrected chi connectivity index (χ3v) is 4.45. The number of rotatable bonds is 7. The Morgan fingerprint density at radius 2 is 2.29 bits per heavy atom. The zero-order chi connectivity index (χ0) is 12.3. The van der Waals surface area contributed by atoms with Crippen molar-refractivity contribution in [2.24, 2.45) is 5.92 Å². The zero-order valence-electron chi connectivity index (χ0n) is 10.1. The number of aryl methyl sites for hydroxylation is 1. The first-order valence-electron chi connectivity index (χ1n) is 6.08. The van der Waals surface area contributed by atoms with E-state index in [1.807, 2.05) is 17.8 Å². The number of nitrogens with zero attached hydrogens (tertiary/aromatic N) is 2. The second-order valence-electron chi connectivity index (χ2n) is 4.57. The van der Waals surface area contributed by atoms with E-state index >= 15 is 0 Å². The van der Waals surface area contributed by atoms with Gasteiger partial charge in [0.1, 0.15) is 0 Å². The first kappa shape index (κ1) is 12.6. The molecule has 0 spiro atoms. The second-order valence-corrected chi connectivity index (χ2v) is 6.42. The van der Waals surface area contributed by atoms with Crippen molar-refractivity contribution >= 4 is 10.0 Å². The molecule has 0 aliphatic heterocycles. The fraction of sp³-hybridized carbons (Fsp3) is 0.727. The SMILES string of the molecule is CCn1cc(CCNS(=O)(=O)CC2CC2)cn1. The number of aromatic nitrogens is 2. The lowest BCUT2D eigenvalue weighted by atomic mass is 10.3. The first-order valence-corrected chi connectivity index (χ1v) is 7.73. The van der Waals surface area contributed by atoms with Crippen LogP contribution in [0.5, 0.6) is 0 Å². The van der Waals surface area contributed by atoms with Crippen LogP contribution in [0.15, 0.2) is 12.4 Å². The second kappa shape index (κ2) is 5.18. The van der Waals surface area contributed by atoms with Crippen LogP contribution >= 0.6 is 0 Å². The predicted molar refractivity (Wildman–Crippen MR) is 66.1 cm³/mol. The number of hydrogen-bond acceptors (Lipinski definition) is 3. The lowest BCUT2D eigenvalue weighted by Gasteiger charge is -2.04. The van der Waals surface area contributed by atoms with Crippen molar-refractivity contribution in [2.75, 3.05) is 12.3 Å². The molecule has 1 fully saturated rings. The van der Waals surface area contributed by atoms with Crippen LogP contribution in [-0.2, 0) is 23.0 Å². The molecule has 2 rings (SSSR count). The maximum absolute atomic E-state index is 11.6. The van der Waals surface area contributed by atoms with Gasteiger partial charge in [0.2, 0.25) is 10.0 Å². The molecule has 0 atom stereocenters. The van der Waals surface area contributed by atoms with Crippen LogP contribution in [0.2, 0.25) is 0 Å². The van der Waals surface area contributed by atoms with Gasteiger partial charge in [-0.2, -0.15) is 5.10 Å². The van der Waals surface area contributed by atoms with Gasteiger partial charge in [-0.1, -0.05) is 0 Å². The Kier molecular flexibility index (Phi) is 3.83. The molecule has 0 bridgehead atoms. The van der Waals surface area contributed by atoms with Gasteiger partial charge in [-0.25, -0.2) is 13.1 Å². The zero-order valence-corrected chi connectivity index (χ0v) is 10.9. The summed E-state index contributed by atoms with van der Waals surface area (Å²) >= 11 is 0. The third-order valence-electron chi connectivity index (χ3n) is 2.90. The highest BCUT2D eigenvalue weighted by Crippen LogP contribution is 2.29. The maximum Gasteiger partial charge on any atom is 0.211 e. The van der Waals surface area contributed by atoms with Gasteiger partial charge in [0.25, 0.3) is 0 Å². The Morgan fingerprint density at radius 3 is 2.88 bits per heavy atom. The molecule has 1 N–H and O–H groups in total. The highest BCUT2D eigenvalue weighted by molar-refractivity contribution is 7.89. The molecule has 1 aliphatic carbocycles. The van der Waals surface area contributed by atoms with E-state index in [9.17, 15) is 8.42 Å². The van der Waals surface area contributed by atoms with Gasteiger partial charge in [0.05, 0.1) is 11.9 Å². The minimum absolute atomic E-state index is 0.293. The lowest BCUT2D eigenvalue weighted by molar-refractivity contribution is 0.577. The van der Waals surface area contributed by atoms with E-state index in [1.165, 1.54) is 0 Å². The topological polar surface area (TPSA) is 64.0 Å². The minimum atomic E-state index is -3.06. The lowest BCUT2D eigenvalue weighted by Crippen LogP contribution is -2.29. The Labute approximate surface area is 102 Å². The molecular weight excluding hydrogens is 238 g/mol. The van der Waals surface area contributed by atoms with Crippen LogP contribution in [0, 0.1) is 5.92 Å². The standard InChI is InChI=1S/C11H19N3O2S/c1-2-14-8-11(7-12-14)5-6-13-17(15,16)9-10-3-4-10/h7-8,10,13H,2-6,9H2,1H3. The monoisotopic (exact) mass is 257 g/mol. The van der Waals surface area contributed by atoms with Crippen molar-refractivity contribution in [2.45, 2.75) is 32.7 Å². The van der Waals surface area contributed by atoms with Crippen molar-refractivity contribution in [3.63, 3.8) is 0 Å². The third kappa shape index (κ3) is 4.12. The Morgan fingerprint density at radius 1 is 1.53 bits per heavy atom. The summed E-state index contributed by atoms with van der Waals surface area (Å²) in [6, 6.07) is 0. The predicted octanol–water partition coefficient (Wildman–Crippen LogP) is 0.775. The average molecular weight is 257 g/mol. The molecular formula is C11H19N3O2S.